The molecule has 1 aliphatic heterocycles. The fourth-order valence-corrected chi connectivity index (χ4v) is 1.29. The van der Waals surface area contributed by atoms with Gasteiger partial charge in [-0.1, -0.05) is 0 Å². The van der Waals surface area contributed by atoms with Gasteiger partial charge in [0.2, 0.25) is 0 Å². The van der Waals surface area contributed by atoms with E-state index in [1.807, 2.05) is 13.8 Å². The molecule has 1 fully saturated rings. The maximum absolute atomic E-state index is 9.45. The highest BCUT2D eigenvalue weighted by Crippen LogP contribution is 2.17. The average Bonchev–Trinajstić information content (AvgIpc) is 2.08. The van der Waals surface area contributed by atoms with Crippen LogP contribution in [0.1, 0.15) is 26.7 Å². The molecule has 0 bridgehead atoms. The highest BCUT2D eigenvalue weighted by atomic mass is 16.3. The van der Waals surface area contributed by atoms with E-state index < -0.39 is 5.60 Å². The van der Waals surface area contributed by atoms with E-state index in [2.05, 4.69) is 5.32 Å². The summed E-state index contributed by atoms with van der Waals surface area (Å²) in [6, 6.07) is 0.317. The van der Waals surface area contributed by atoms with E-state index in [0.29, 0.717) is 6.04 Å². The second-order valence-electron chi connectivity index (χ2n) is 3.30. The molecule has 2 N–H and O–H groups in total. The smallest absolute Gasteiger partial charge is 0.0744 e. The van der Waals surface area contributed by atoms with E-state index in [-0.39, 0.29) is 0 Å². The van der Waals surface area contributed by atoms with E-state index >= 15 is 0 Å². The van der Waals surface area contributed by atoms with Crippen LogP contribution in [0.2, 0.25) is 0 Å². The molecule has 2 heteroatoms. The fourth-order valence-electron chi connectivity index (χ4n) is 1.29. The summed E-state index contributed by atoms with van der Waals surface area (Å²) < 4.78 is 0. The molecule has 0 saturated carbocycles. The minimum Gasteiger partial charge on any atom is -0.389 e. The molecular weight excluding hydrogens is 114 g/mol. The Labute approximate surface area is 56.3 Å². The first-order valence-electron chi connectivity index (χ1n) is 3.56. The molecule has 0 unspecified atom stereocenters. The number of aliphatic hydroxyl groups is 1. The van der Waals surface area contributed by atoms with E-state index in [9.17, 15) is 5.11 Å². The molecule has 9 heavy (non-hydrogen) atoms. The topological polar surface area (TPSA) is 32.3 Å². The normalized spacial score (nSPS) is 29.0. The zero-order valence-electron chi connectivity index (χ0n) is 6.15. The molecule has 1 saturated heterocycles. The van der Waals surface area contributed by atoms with Gasteiger partial charge in [-0.25, -0.2) is 0 Å². The maximum Gasteiger partial charge on any atom is 0.0744 e. The standard InChI is InChI=1S/C7H15NO/c1-7(2,9)6-4-3-5-8-6/h6,8-9H,3-5H2,1-2H3/t6-/m1/s1. The van der Waals surface area contributed by atoms with Crippen LogP contribution in [0.5, 0.6) is 0 Å². The van der Waals surface area contributed by atoms with Gasteiger partial charge in [-0.05, 0) is 33.2 Å². The van der Waals surface area contributed by atoms with Crippen LogP contribution in [0.4, 0.5) is 0 Å². The highest BCUT2D eigenvalue weighted by Gasteiger charge is 2.28. The van der Waals surface area contributed by atoms with Gasteiger partial charge >= 0.3 is 0 Å². The zero-order chi connectivity index (χ0) is 6.91. The molecule has 0 spiro atoms. The summed E-state index contributed by atoms with van der Waals surface area (Å²) in [5.41, 5.74) is -0.531. The summed E-state index contributed by atoms with van der Waals surface area (Å²) in [5, 5.41) is 12.7. The van der Waals surface area contributed by atoms with Gasteiger partial charge in [0.05, 0.1) is 5.60 Å². The Morgan fingerprint density at radius 1 is 1.56 bits per heavy atom. The third-order valence-electron chi connectivity index (χ3n) is 1.91. The third kappa shape index (κ3) is 1.66. The Morgan fingerprint density at radius 2 is 2.22 bits per heavy atom. The zero-order valence-corrected chi connectivity index (χ0v) is 6.15. The second kappa shape index (κ2) is 2.27. The molecule has 1 rings (SSSR count). The van der Waals surface area contributed by atoms with Crippen LogP contribution in [-0.4, -0.2) is 23.3 Å². The van der Waals surface area contributed by atoms with Crippen LogP contribution in [-0.2, 0) is 0 Å². The van der Waals surface area contributed by atoms with Crippen molar-refractivity contribution < 1.29 is 5.11 Å². The van der Waals surface area contributed by atoms with Crippen LogP contribution in [0.15, 0.2) is 0 Å². The Bertz CT molecular complexity index is 89.6. The lowest BCUT2D eigenvalue weighted by Gasteiger charge is -2.25. The Balaban J connectivity index is 2.42. The average molecular weight is 129 g/mol. The molecule has 1 aliphatic rings. The number of nitrogens with one attached hydrogen (secondary N) is 1. The van der Waals surface area contributed by atoms with E-state index in [4.69, 9.17) is 0 Å². The largest absolute Gasteiger partial charge is 0.389 e. The van der Waals surface area contributed by atoms with Gasteiger partial charge in [0.1, 0.15) is 0 Å². The van der Waals surface area contributed by atoms with Crippen molar-refractivity contribution in [2.24, 2.45) is 0 Å². The molecule has 0 aromatic rings. The minimum atomic E-state index is -0.531. The molecule has 54 valence electrons. The quantitative estimate of drug-likeness (QED) is 0.540. The summed E-state index contributed by atoms with van der Waals surface area (Å²) >= 11 is 0. The van der Waals surface area contributed by atoms with Gasteiger partial charge < -0.3 is 10.4 Å². The molecule has 0 aliphatic carbocycles. The number of hydrogen-bond acceptors (Lipinski definition) is 2. The molecule has 0 amide bonds. The first-order valence-corrected chi connectivity index (χ1v) is 3.56. The van der Waals surface area contributed by atoms with E-state index in [1.54, 1.807) is 0 Å². The summed E-state index contributed by atoms with van der Waals surface area (Å²) in [4.78, 5) is 0. The van der Waals surface area contributed by atoms with Crippen molar-refractivity contribution in [1.82, 2.24) is 5.32 Å². The van der Waals surface area contributed by atoms with E-state index in [1.165, 1.54) is 6.42 Å². The summed E-state index contributed by atoms with van der Waals surface area (Å²) in [6.07, 6.45) is 2.32. The van der Waals surface area contributed by atoms with Gasteiger partial charge in [-0.2, -0.15) is 0 Å². The van der Waals surface area contributed by atoms with Crippen molar-refractivity contribution in [1.29, 1.82) is 0 Å². The van der Waals surface area contributed by atoms with Crippen molar-refractivity contribution in [3.63, 3.8) is 0 Å². The molecule has 0 aromatic carbocycles. The van der Waals surface area contributed by atoms with Crippen LogP contribution in [0.25, 0.3) is 0 Å². The molecule has 1 atom stereocenters. The lowest BCUT2D eigenvalue weighted by Crippen LogP contribution is -2.42. The Hall–Kier alpha value is -0.0800. The van der Waals surface area contributed by atoms with Crippen LogP contribution < -0.4 is 5.32 Å². The molecule has 1 heterocycles. The third-order valence-corrected chi connectivity index (χ3v) is 1.91. The SMILES string of the molecule is CC(C)(O)[C@H]1CCCN1. The van der Waals surface area contributed by atoms with Crippen LogP contribution >= 0.6 is 0 Å². The monoisotopic (exact) mass is 129 g/mol. The van der Waals surface area contributed by atoms with Crippen LogP contribution in [0, 0.1) is 0 Å². The fraction of sp³-hybridized carbons (Fsp3) is 1.00. The molecule has 2 nitrogen and oxygen atoms in total. The first kappa shape index (κ1) is 7.03. The van der Waals surface area contributed by atoms with Gasteiger partial charge in [-0.3, -0.25) is 0 Å². The predicted molar refractivity (Wildman–Crippen MR) is 37.3 cm³/mol. The Morgan fingerprint density at radius 3 is 2.44 bits per heavy atom. The van der Waals surface area contributed by atoms with Crippen molar-refractivity contribution in [3.05, 3.63) is 0 Å². The van der Waals surface area contributed by atoms with Gasteiger partial charge in [0, 0.05) is 6.04 Å². The first-order chi connectivity index (χ1) is 4.11. The molecular formula is C7H15NO. The maximum atomic E-state index is 9.45. The second-order valence-corrected chi connectivity index (χ2v) is 3.30. The van der Waals surface area contributed by atoms with Crippen molar-refractivity contribution in [3.8, 4) is 0 Å². The van der Waals surface area contributed by atoms with Gasteiger partial charge in [-0.15, -0.1) is 0 Å². The minimum absolute atomic E-state index is 0.317. The Kier molecular flexibility index (Phi) is 1.78. The molecule has 0 aromatic heterocycles. The van der Waals surface area contributed by atoms with E-state index in [0.717, 1.165) is 13.0 Å². The lowest BCUT2D eigenvalue weighted by atomic mass is 9.98. The molecule has 0 radical (unpaired) electrons. The predicted octanol–water partition coefficient (Wildman–Crippen LogP) is 0.509. The van der Waals surface area contributed by atoms with Gasteiger partial charge in [0.15, 0.2) is 0 Å². The summed E-state index contributed by atoms with van der Waals surface area (Å²) in [5.74, 6) is 0. The lowest BCUT2D eigenvalue weighted by molar-refractivity contribution is 0.0449. The summed E-state index contributed by atoms with van der Waals surface area (Å²) in [7, 11) is 0. The van der Waals surface area contributed by atoms with Crippen molar-refractivity contribution >= 4 is 0 Å². The van der Waals surface area contributed by atoms with Crippen molar-refractivity contribution in [2.45, 2.75) is 38.3 Å². The highest BCUT2D eigenvalue weighted by molar-refractivity contribution is 4.87. The van der Waals surface area contributed by atoms with Gasteiger partial charge in [0.25, 0.3) is 0 Å². The summed E-state index contributed by atoms with van der Waals surface area (Å²) in [6.45, 7) is 4.78. The van der Waals surface area contributed by atoms with Crippen LogP contribution in [0.3, 0.4) is 0 Å². The number of rotatable bonds is 1. The number of hydrogen-bond donors (Lipinski definition) is 2. The van der Waals surface area contributed by atoms with Crippen molar-refractivity contribution in [2.75, 3.05) is 6.54 Å².